The molecule has 0 amide bonds. The second-order valence-corrected chi connectivity index (χ2v) is 7.29. The number of nitrogens with zero attached hydrogens (tertiary/aromatic N) is 3. The highest BCUT2D eigenvalue weighted by molar-refractivity contribution is 7.18. The lowest BCUT2D eigenvalue weighted by Gasteiger charge is -2.42. The van der Waals surface area contributed by atoms with Gasteiger partial charge in [-0.2, -0.15) is 0 Å². The second-order valence-electron chi connectivity index (χ2n) is 6.26. The van der Waals surface area contributed by atoms with Crippen LogP contribution in [-0.2, 0) is 0 Å². The molecular weight excluding hydrogens is 290 g/mol. The van der Waals surface area contributed by atoms with Crippen LogP contribution in [0, 0.1) is 10.1 Å². The van der Waals surface area contributed by atoms with Gasteiger partial charge in [0.1, 0.15) is 0 Å². The molecule has 1 aromatic rings. The average molecular weight is 311 g/mol. The molecule has 1 saturated heterocycles. The Hall–Kier alpha value is -1.47. The van der Waals surface area contributed by atoms with Gasteiger partial charge in [0.25, 0.3) is 0 Å². The first kappa shape index (κ1) is 15.9. The summed E-state index contributed by atoms with van der Waals surface area (Å²) in [6.45, 7) is 11.2. The van der Waals surface area contributed by atoms with Gasteiger partial charge in [0.05, 0.1) is 9.80 Å². The molecule has 1 aliphatic heterocycles. The van der Waals surface area contributed by atoms with E-state index in [2.05, 4.69) is 25.7 Å². The van der Waals surface area contributed by atoms with Crippen LogP contribution in [0.4, 0.5) is 10.7 Å². The van der Waals surface area contributed by atoms with Gasteiger partial charge in [-0.15, -0.1) is 11.3 Å². The van der Waals surface area contributed by atoms with Crippen LogP contribution in [0.5, 0.6) is 0 Å². The number of ketones is 1. The summed E-state index contributed by atoms with van der Waals surface area (Å²) in [6, 6.07) is 1.40. The molecule has 0 bridgehead atoms. The topological polar surface area (TPSA) is 66.7 Å². The van der Waals surface area contributed by atoms with E-state index in [1.165, 1.54) is 24.3 Å². The molecule has 1 aromatic heterocycles. The lowest BCUT2D eigenvalue weighted by Crippen LogP contribution is -2.53. The highest BCUT2D eigenvalue weighted by Crippen LogP contribution is 2.38. The summed E-state index contributed by atoms with van der Waals surface area (Å²) in [5.74, 6) is -0.123. The molecule has 0 N–H and O–H groups in total. The third-order valence-electron chi connectivity index (χ3n) is 3.75. The van der Waals surface area contributed by atoms with Gasteiger partial charge in [0.15, 0.2) is 10.8 Å². The van der Waals surface area contributed by atoms with Crippen LogP contribution in [0.25, 0.3) is 0 Å². The Morgan fingerprint density at radius 1 is 1.29 bits per heavy atom. The molecule has 2 heterocycles. The maximum Gasteiger partial charge on any atom is 0.304 e. The minimum absolute atomic E-state index is 0.0504. The quantitative estimate of drug-likeness (QED) is 0.488. The fourth-order valence-corrected chi connectivity index (χ4v) is 3.56. The first-order chi connectivity index (χ1) is 9.70. The zero-order valence-corrected chi connectivity index (χ0v) is 13.7. The summed E-state index contributed by atoms with van der Waals surface area (Å²) < 4.78 is 0. The van der Waals surface area contributed by atoms with Crippen molar-refractivity contribution in [1.29, 1.82) is 0 Å². The van der Waals surface area contributed by atoms with Gasteiger partial charge in [-0.3, -0.25) is 19.8 Å². The monoisotopic (exact) mass is 311 g/mol. The summed E-state index contributed by atoms with van der Waals surface area (Å²) in [5.41, 5.74) is 0.160. The maximum atomic E-state index is 11.5. The van der Waals surface area contributed by atoms with Crippen molar-refractivity contribution in [3.05, 3.63) is 21.1 Å². The summed E-state index contributed by atoms with van der Waals surface area (Å²) in [7, 11) is 0. The molecular formula is C14H21N3O3S. The van der Waals surface area contributed by atoms with Gasteiger partial charge < -0.3 is 4.90 Å². The van der Waals surface area contributed by atoms with Crippen molar-refractivity contribution in [1.82, 2.24) is 4.90 Å². The van der Waals surface area contributed by atoms with E-state index in [0.29, 0.717) is 9.88 Å². The number of carbonyl (C=O) groups excluding carboxylic acids is 1. The van der Waals surface area contributed by atoms with Crippen molar-refractivity contribution in [3.8, 4) is 0 Å². The van der Waals surface area contributed by atoms with E-state index < -0.39 is 4.92 Å². The zero-order chi connectivity index (χ0) is 15.8. The second kappa shape index (κ2) is 5.73. The zero-order valence-electron chi connectivity index (χ0n) is 12.9. The van der Waals surface area contributed by atoms with Gasteiger partial charge in [-0.25, -0.2) is 0 Å². The first-order valence-electron chi connectivity index (χ1n) is 6.99. The SMILES string of the molecule is CC(=O)c1cc([N+](=O)[O-])c(N2CCN(C(C)(C)C)CC2)s1. The Kier molecular flexibility index (Phi) is 4.34. The number of nitro groups is 1. The Balaban J connectivity index is 2.20. The van der Waals surface area contributed by atoms with Crippen LogP contribution in [0.15, 0.2) is 6.07 Å². The van der Waals surface area contributed by atoms with Gasteiger partial charge in [-0.1, -0.05) is 0 Å². The molecule has 0 radical (unpaired) electrons. The third-order valence-corrected chi connectivity index (χ3v) is 5.04. The van der Waals surface area contributed by atoms with Crippen molar-refractivity contribution in [2.45, 2.75) is 33.2 Å². The van der Waals surface area contributed by atoms with E-state index in [-0.39, 0.29) is 17.0 Å². The third kappa shape index (κ3) is 3.41. The number of hydrogen-bond donors (Lipinski definition) is 0. The van der Waals surface area contributed by atoms with Crippen LogP contribution < -0.4 is 4.90 Å². The molecule has 21 heavy (non-hydrogen) atoms. The molecule has 0 aromatic carbocycles. The number of anilines is 1. The highest BCUT2D eigenvalue weighted by atomic mass is 32.1. The van der Waals surface area contributed by atoms with E-state index in [4.69, 9.17) is 0 Å². The number of hydrogen-bond acceptors (Lipinski definition) is 6. The predicted octanol–water partition coefficient (Wildman–Crippen LogP) is 2.78. The lowest BCUT2D eigenvalue weighted by molar-refractivity contribution is -0.383. The fraction of sp³-hybridized carbons (Fsp3) is 0.643. The minimum Gasteiger partial charge on any atom is -0.355 e. The van der Waals surface area contributed by atoms with Gasteiger partial charge >= 0.3 is 5.69 Å². The molecule has 0 saturated carbocycles. The fourth-order valence-electron chi connectivity index (χ4n) is 2.48. The molecule has 2 rings (SSSR count). The molecule has 1 aliphatic rings. The Morgan fingerprint density at radius 2 is 1.86 bits per heavy atom. The van der Waals surface area contributed by atoms with E-state index in [9.17, 15) is 14.9 Å². The Labute approximate surface area is 128 Å². The van der Waals surface area contributed by atoms with E-state index in [1.807, 2.05) is 4.90 Å². The Morgan fingerprint density at radius 3 is 2.29 bits per heavy atom. The normalized spacial score (nSPS) is 17.0. The highest BCUT2D eigenvalue weighted by Gasteiger charge is 2.30. The standard InChI is InChI=1S/C14H21N3O3S/c1-10(18)12-9-11(17(19)20)13(21-12)15-5-7-16(8-6-15)14(2,3)4/h9H,5-8H2,1-4H3. The van der Waals surface area contributed by atoms with Crippen LogP contribution in [0.1, 0.15) is 37.4 Å². The van der Waals surface area contributed by atoms with Gasteiger partial charge in [0, 0.05) is 37.8 Å². The van der Waals surface area contributed by atoms with E-state index >= 15 is 0 Å². The van der Waals surface area contributed by atoms with Gasteiger partial charge in [-0.05, 0) is 27.7 Å². The summed E-state index contributed by atoms with van der Waals surface area (Å²) >= 11 is 1.23. The molecule has 0 aliphatic carbocycles. The van der Waals surface area contributed by atoms with Crippen molar-refractivity contribution < 1.29 is 9.72 Å². The largest absolute Gasteiger partial charge is 0.355 e. The van der Waals surface area contributed by atoms with Crippen LogP contribution in [0.2, 0.25) is 0 Å². The van der Waals surface area contributed by atoms with Crippen molar-refractivity contribution in [2.75, 3.05) is 31.1 Å². The summed E-state index contributed by atoms with van der Waals surface area (Å²) in [5, 5.41) is 11.8. The predicted molar refractivity (Wildman–Crippen MR) is 84.5 cm³/mol. The number of Topliss-reactive ketones (excluding diaryl/α,β-unsaturated/α-hetero) is 1. The molecule has 116 valence electrons. The molecule has 0 spiro atoms. The van der Waals surface area contributed by atoms with Crippen LogP contribution >= 0.6 is 11.3 Å². The number of thiophene rings is 1. The first-order valence-corrected chi connectivity index (χ1v) is 7.81. The molecule has 0 atom stereocenters. The van der Waals surface area contributed by atoms with E-state index in [1.54, 1.807) is 0 Å². The summed E-state index contributed by atoms with van der Waals surface area (Å²) in [4.78, 5) is 27.1. The number of rotatable bonds is 3. The van der Waals surface area contributed by atoms with Crippen LogP contribution in [0.3, 0.4) is 0 Å². The molecule has 1 fully saturated rings. The minimum atomic E-state index is -0.394. The van der Waals surface area contributed by atoms with Gasteiger partial charge in [0.2, 0.25) is 0 Å². The van der Waals surface area contributed by atoms with E-state index in [0.717, 1.165) is 26.2 Å². The summed E-state index contributed by atoms with van der Waals surface area (Å²) in [6.07, 6.45) is 0. The van der Waals surface area contributed by atoms with Crippen molar-refractivity contribution in [2.24, 2.45) is 0 Å². The number of piperazine rings is 1. The van der Waals surface area contributed by atoms with Crippen LogP contribution in [-0.4, -0.2) is 47.3 Å². The van der Waals surface area contributed by atoms with Crippen molar-refractivity contribution >= 4 is 27.8 Å². The molecule has 7 heteroatoms. The number of carbonyl (C=O) groups is 1. The molecule has 6 nitrogen and oxygen atoms in total. The van der Waals surface area contributed by atoms with Crippen molar-refractivity contribution in [3.63, 3.8) is 0 Å². The Bertz CT molecular complexity index is 554. The maximum absolute atomic E-state index is 11.5. The smallest absolute Gasteiger partial charge is 0.304 e. The molecule has 0 unspecified atom stereocenters. The average Bonchev–Trinajstić information content (AvgIpc) is 2.83. The lowest BCUT2D eigenvalue weighted by atomic mass is 10.1.